The summed E-state index contributed by atoms with van der Waals surface area (Å²) in [5.41, 5.74) is 3.61. The maximum atomic E-state index is 12.6. The van der Waals surface area contributed by atoms with E-state index in [0.29, 0.717) is 6.42 Å². The van der Waals surface area contributed by atoms with Crippen LogP contribution in [0.3, 0.4) is 0 Å². The molecular formula is C21H23N3O4. The third-order valence-electron chi connectivity index (χ3n) is 4.72. The van der Waals surface area contributed by atoms with E-state index in [1.165, 1.54) is 7.11 Å². The van der Waals surface area contributed by atoms with Crippen molar-refractivity contribution in [3.05, 3.63) is 59.7 Å². The molecule has 0 fully saturated rings. The predicted octanol–water partition coefficient (Wildman–Crippen LogP) is 0.944. The molecule has 0 aliphatic carbocycles. The molecule has 2 aromatic rings. The summed E-state index contributed by atoms with van der Waals surface area (Å²) in [6.45, 7) is -0.232. The van der Waals surface area contributed by atoms with Crippen LogP contribution in [-0.4, -0.2) is 44.5 Å². The van der Waals surface area contributed by atoms with Crippen molar-refractivity contribution in [1.29, 1.82) is 0 Å². The number of hydrogen-bond acceptors (Lipinski definition) is 5. The summed E-state index contributed by atoms with van der Waals surface area (Å²) in [4.78, 5) is 37.0. The number of rotatable bonds is 2. The van der Waals surface area contributed by atoms with E-state index in [4.69, 9.17) is 4.74 Å². The molecule has 1 aliphatic rings. The standard InChI is InChI=1S/C21H23N3O4/c1-22-19-16-8-4-7-15(11-16)14-6-3-5-13(9-14)10-17(21(27)28-2)24-18(25)12-23-20(19)26/h3-9,11,17,19,22H,10,12H2,1-2H3,(H,23,26)(H,24,25)/t17-,19-/m0/s1. The normalized spacial score (nSPS) is 19.8. The Kier molecular flexibility index (Phi) is 6.06. The topological polar surface area (TPSA) is 96.5 Å². The molecule has 2 amide bonds. The minimum Gasteiger partial charge on any atom is -0.467 e. The zero-order chi connectivity index (χ0) is 20.1. The third-order valence-corrected chi connectivity index (χ3v) is 4.72. The lowest BCUT2D eigenvalue weighted by atomic mass is 9.96. The first-order valence-electron chi connectivity index (χ1n) is 9.03. The van der Waals surface area contributed by atoms with Crippen molar-refractivity contribution in [3.8, 4) is 11.1 Å². The Morgan fingerprint density at radius 1 is 1.11 bits per heavy atom. The number of nitrogens with one attached hydrogen (secondary N) is 3. The molecule has 1 heterocycles. The minimum absolute atomic E-state index is 0.232. The van der Waals surface area contributed by atoms with Crippen LogP contribution in [-0.2, 0) is 25.5 Å². The van der Waals surface area contributed by atoms with Crippen LogP contribution in [0.5, 0.6) is 0 Å². The van der Waals surface area contributed by atoms with Crippen LogP contribution in [0.1, 0.15) is 17.2 Å². The van der Waals surface area contributed by atoms with E-state index in [0.717, 1.165) is 22.3 Å². The second-order valence-electron chi connectivity index (χ2n) is 6.61. The highest BCUT2D eigenvalue weighted by molar-refractivity contribution is 5.90. The average molecular weight is 381 g/mol. The van der Waals surface area contributed by atoms with Crippen molar-refractivity contribution in [2.45, 2.75) is 18.5 Å². The number of amides is 2. The molecule has 0 aromatic heterocycles. The summed E-state index contributed by atoms with van der Waals surface area (Å²) >= 11 is 0. The number of ether oxygens (including phenoxy) is 1. The Bertz CT molecular complexity index is 897. The largest absolute Gasteiger partial charge is 0.467 e. The van der Waals surface area contributed by atoms with Gasteiger partial charge in [0.05, 0.1) is 13.7 Å². The second-order valence-corrected chi connectivity index (χ2v) is 6.61. The van der Waals surface area contributed by atoms with Crippen molar-refractivity contribution < 1.29 is 19.1 Å². The highest BCUT2D eigenvalue weighted by Crippen LogP contribution is 2.25. The van der Waals surface area contributed by atoms with Gasteiger partial charge in [-0.2, -0.15) is 0 Å². The molecule has 146 valence electrons. The van der Waals surface area contributed by atoms with Crippen LogP contribution < -0.4 is 16.0 Å². The lowest BCUT2D eigenvalue weighted by Crippen LogP contribution is -2.48. The number of benzene rings is 2. The van der Waals surface area contributed by atoms with Crippen molar-refractivity contribution in [2.24, 2.45) is 0 Å². The maximum Gasteiger partial charge on any atom is 0.328 e. The van der Waals surface area contributed by atoms with Gasteiger partial charge in [0, 0.05) is 6.42 Å². The average Bonchev–Trinajstić information content (AvgIpc) is 2.71. The lowest BCUT2D eigenvalue weighted by Gasteiger charge is -2.20. The van der Waals surface area contributed by atoms with E-state index >= 15 is 0 Å². The van der Waals surface area contributed by atoms with Crippen LogP contribution in [0.2, 0.25) is 0 Å². The summed E-state index contributed by atoms with van der Waals surface area (Å²) < 4.78 is 4.82. The minimum atomic E-state index is -0.834. The smallest absolute Gasteiger partial charge is 0.328 e. The fraction of sp³-hybridized carbons (Fsp3) is 0.286. The number of esters is 1. The summed E-state index contributed by atoms with van der Waals surface area (Å²) in [7, 11) is 2.97. The van der Waals surface area contributed by atoms with Gasteiger partial charge >= 0.3 is 5.97 Å². The maximum absolute atomic E-state index is 12.6. The van der Waals surface area contributed by atoms with E-state index in [1.807, 2.05) is 48.5 Å². The molecule has 0 saturated carbocycles. The number of likely N-dealkylation sites (N-methyl/N-ethyl adjacent to an activating group) is 1. The first-order chi connectivity index (χ1) is 13.5. The van der Waals surface area contributed by atoms with Crippen LogP contribution in [0.25, 0.3) is 11.1 Å². The van der Waals surface area contributed by atoms with Gasteiger partial charge in [0.15, 0.2) is 0 Å². The van der Waals surface area contributed by atoms with Crippen LogP contribution in [0.4, 0.5) is 0 Å². The second kappa shape index (κ2) is 8.67. The highest BCUT2D eigenvalue weighted by atomic mass is 16.5. The molecule has 0 radical (unpaired) electrons. The summed E-state index contributed by atoms with van der Waals surface area (Å²) in [6.07, 6.45) is 0.291. The van der Waals surface area contributed by atoms with E-state index in [1.54, 1.807) is 7.05 Å². The first-order valence-corrected chi connectivity index (χ1v) is 9.03. The SMILES string of the molecule is CN[C@@H]1C(=O)NCC(=O)N[C@H](C(=O)OC)Cc2cccc(c2)-c2cccc1c2. The molecular weight excluding hydrogens is 358 g/mol. The van der Waals surface area contributed by atoms with E-state index in [-0.39, 0.29) is 12.5 Å². The molecule has 0 saturated heterocycles. The fourth-order valence-electron chi connectivity index (χ4n) is 3.31. The third kappa shape index (κ3) is 4.37. The van der Waals surface area contributed by atoms with Crippen molar-refractivity contribution in [2.75, 3.05) is 20.7 Å². The molecule has 3 rings (SSSR count). The number of carbonyl (C=O) groups is 3. The van der Waals surface area contributed by atoms with Gasteiger partial charge in [-0.15, -0.1) is 0 Å². The Morgan fingerprint density at radius 3 is 2.54 bits per heavy atom. The van der Waals surface area contributed by atoms with E-state index < -0.39 is 24.0 Å². The summed E-state index contributed by atoms with van der Waals surface area (Å²) in [5, 5.41) is 8.24. The van der Waals surface area contributed by atoms with Gasteiger partial charge in [0.25, 0.3) is 0 Å². The Hall–Kier alpha value is -3.19. The molecule has 2 aromatic carbocycles. The zero-order valence-electron chi connectivity index (χ0n) is 15.8. The van der Waals surface area contributed by atoms with Crippen LogP contribution in [0, 0.1) is 0 Å². The fourth-order valence-corrected chi connectivity index (χ4v) is 3.31. The van der Waals surface area contributed by atoms with Crippen molar-refractivity contribution >= 4 is 17.8 Å². The zero-order valence-corrected chi connectivity index (χ0v) is 15.8. The van der Waals surface area contributed by atoms with Gasteiger partial charge in [0.1, 0.15) is 12.1 Å². The van der Waals surface area contributed by atoms with Crippen molar-refractivity contribution in [3.63, 3.8) is 0 Å². The van der Waals surface area contributed by atoms with Crippen LogP contribution in [0.15, 0.2) is 48.5 Å². The number of carbonyl (C=O) groups excluding carboxylic acids is 3. The van der Waals surface area contributed by atoms with Gasteiger partial charge in [-0.1, -0.05) is 42.5 Å². The molecule has 0 spiro atoms. The molecule has 1 aliphatic heterocycles. The molecule has 7 nitrogen and oxygen atoms in total. The summed E-state index contributed by atoms with van der Waals surface area (Å²) in [5.74, 6) is -1.32. The summed E-state index contributed by atoms with van der Waals surface area (Å²) in [6, 6.07) is 14.0. The molecule has 4 bridgehead atoms. The number of methoxy groups -OCH3 is 1. The lowest BCUT2D eigenvalue weighted by molar-refractivity contribution is -0.145. The van der Waals surface area contributed by atoms with Gasteiger partial charge in [-0.25, -0.2) is 4.79 Å². The highest BCUT2D eigenvalue weighted by Gasteiger charge is 2.24. The Morgan fingerprint density at radius 2 is 1.82 bits per heavy atom. The van der Waals surface area contributed by atoms with Gasteiger partial charge in [-0.05, 0) is 35.4 Å². The quantitative estimate of drug-likeness (QED) is 0.673. The molecule has 3 N–H and O–H groups in total. The number of fused-ring (bicyclic) bond motifs is 5. The van der Waals surface area contributed by atoms with Gasteiger partial charge in [-0.3, -0.25) is 9.59 Å². The predicted molar refractivity (Wildman–Crippen MR) is 104 cm³/mol. The van der Waals surface area contributed by atoms with Crippen LogP contribution >= 0.6 is 0 Å². The molecule has 2 atom stereocenters. The van der Waals surface area contributed by atoms with Crippen molar-refractivity contribution in [1.82, 2.24) is 16.0 Å². The van der Waals surface area contributed by atoms with E-state index in [9.17, 15) is 14.4 Å². The molecule has 7 heteroatoms. The Balaban J connectivity index is 2.05. The number of hydrogen-bond donors (Lipinski definition) is 3. The monoisotopic (exact) mass is 381 g/mol. The van der Waals surface area contributed by atoms with E-state index in [2.05, 4.69) is 16.0 Å². The first kappa shape index (κ1) is 19.6. The van der Waals surface area contributed by atoms with Gasteiger partial charge in [0.2, 0.25) is 11.8 Å². The molecule has 0 unspecified atom stereocenters. The molecule has 28 heavy (non-hydrogen) atoms. The Labute approximate surface area is 163 Å². The van der Waals surface area contributed by atoms with Gasteiger partial charge < -0.3 is 20.7 Å².